The molecule has 0 spiro atoms. The van der Waals surface area contributed by atoms with Crippen molar-refractivity contribution < 1.29 is 4.79 Å². The van der Waals surface area contributed by atoms with E-state index in [1.54, 1.807) is 18.6 Å². The van der Waals surface area contributed by atoms with Crippen LogP contribution in [0.25, 0.3) is 0 Å². The Bertz CT molecular complexity index is 953. The van der Waals surface area contributed by atoms with Crippen LogP contribution in [0.4, 0.5) is 0 Å². The molecule has 1 aliphatic heterocycles. The van der Waals surface area contributed by atoms with Crippen molar-refractivity contribution in [2.45, 2.75) is 32.4 Å². The molecule has 0 bridgehead atoms. The number of carbonyl (C=O) groups excluding carboxylic acids is 1. The number of rotatable bonds is 6. The van der Waals surface area contributed by atoms with Crippen molar-refractivity contribution in [3.63, 3.8) is 0 Å². The van der Waals surface area contributed by atoms with E-state index in [1.807, 2.05) is 18.2 Å². The van der Waals surface area contributed by atoms with Crippen LogP contribution in [0.15, 0.2) is 73.2 Å². The zero-order valence-corrected chi connectivity index (χ0v) is 17.4. The quantitative estimate of drug-likeness (QED) is 0.682. The van der Waals surface area contributed by atoms with Crippen molar-refractivity contribution >= 4 is 5.91 Å². The van der Waals surface area contributed by atoms with E-state index in [-0.39, 0.29) is 17.9 Å². The summed E-state index contributed by atoms with van der Waals surface area (Å²) in [6.07, 6.45) is 6.82. The molecule has 30 heavy (non-hydrogen) atoms. The highest BCUT2D eigenvalue weighted by Crippen LogP contribution is 2.25. The summed E-state index contributed by atoms with van der Waals surface area (Å²) < 4.78 is 0. The zero-order valence-electron chi connectivity index (χ0n) is 17.4. The normalized spacial score (nSPS) is 16.2. The van der Waals surface area contributed by atoms with Crippen molar-refractivity contribution in [3.8, 4) is 0 Å². The average molecular weight is 401 g/mol. The highest BCUT2D eigenvalue weighted by molar-refractivity contribution is 5.79. The summed E-state index contributed by atoms with van der Waals surface area (Å²) in [6, 6.07) is 18.4. The van der Waals surface area contributed by atoms with E-state index in [0.717, 1.165) is 49.3 Å². The van der Waals surface area contributed by atoms with Gasteiger partial charge in [0.05, 0.1) is 17.9 Å². The molecule has 2 aromatic carbocycles. The molecule has 1 N–H and O–H groups in total. The maximum absolute atomic E-state index is 13.2. The Morgan fingerprint density at radius 3 is 2.50 bits per heavy atom. The lowest BCUT2D eigenvalue weighted by molar-refractivity contribution is -0.127. The van der Waals surface area contributed by atoms with Gasteiger partial charge in [-0.2, -0.15) is 0 Å². The lowest BCUT2D eigenvalue weighted by Crippen LogP contribution is -2.41. The molecule has 154 valence electrons. The molecule has 0 radical (unpaired) electrons. The molecule has 1 aromatic heterocycles. The van der Waals surface area contributed by atoms with E-state index < -0.39 is 0 Å². The number of hydrogen-bond donors (Lipinski definition) is 1. The second-order valence-electron chi connectivity index (χ2n) is 7.96. The molecule has 1 amide bonds. The SMILES string of the molecule is Cc1ccccc1C(NC(=O)C1CCN(Cc2ccccc2)CC1)c1cnccn1. The van der Waals surface area contributed by atoms with Crippen LogP contribution in [0.3, 0.4) is 0 Å². The first-order valence-corrected chi connectivity index (χ1v) is 10.6. The van der Waals surface area contributed by atoms with E-state index >= 15 is 0 Å². The Labute approximate surface area is 178 Å². The predicted octanol–water partition coefficient (Wildman–Crippen LogP) is 3.90. The summed E-state index contributed by atoms with van der Waals surface area (Å²) in [5.74, 6) is 0.133. The second kappa shape index (κ2) is 9.63. The van der Waals surface area contributed by atoms with Crippen molar-refractivity contribution in [3.05, 3.63) is 95.6 Å². The van der Waals surface area contributed by atoms with E-state index in [9.17, 15) is 4.79 Å². The topological polar surface area (TPSA) is 58.1 Å². The molecule has 5 heteroatoms. The van der Waals surface area contributed by atoms with Crippen LogP contribution in [0.2, 0.25) is 0 Å². The fraction of sp³-hybridized carbons (Fsp3) is 0.320. The third kappa shape index (κ3) is 4.92. The van der Waals surface area contributed by atoms with Gasteiger partial charge in [-0.1, -0.05) is 54.6 Å². The van der Waals surface area contributed by atoms with Crippen molar-refractivity contribution in [2.24, 2.45) is 5.92 Å². The van der Waals surface area contributed by atoms with Gasteiger partial charge in [0.15, 0.2) is 0 Å². The lowest BCUT2D eigenvalue weighted by atomic mass is 9.93. The average Bonchev–Trinajstić information content (AvgIpc) is 2.80. The van der Waals surface area contributed by atoms with Crippen LogP contribution >= 0.6 is 0 Å². The number of benzene rings is 2. The number of aromatic nitrogens is 2. The molecular weight excluding hydrogens is 372 g/mol. The zero-order chi connectivity index (χ0) is 20.8. The number of nitrogens with zero attached hydrogens (tertiary/aromatic N) is 3. The van der Waals surface area contributed by atoms with Gasteiger partial charge in [-0.05, 0) is 49.5 Å². The number of nitrogens with one attached hydrogen (secondary N) is 1. The Morgan fingerprint density at radius 1 is 1.07 bits per heavy atom. The Balaban J connectivity index is 1.42. The molecule has 1 atom stereocenters. The van der Waals surface area contributed by atoms with E-state index in [0.29, 0.717) is 0 Å². The van der Waals surface area contributed by atoms with Crippen molar-refractivity contribution in [1.82, 2.24) is 20.2 Å². The van der Waals surface area contributed by atoms with E-state index in [4.69, 9.17) is 0 Å². The molecule has 0 aliphatic carbocycles. The molecule has 1 unspecified atom stereocenters. The first-order chi connectivity index (χ1) is 14.7. The molecule has 1 fully saturated rings. The predicted molar refractivity (Wildman–Crippen MR) is 118 cm³/mol. The Kier molecular flexibility index (Phi) is 6.50. The molecule has 3 aromatic rings. The van der Waals surface area contributed by atoms with E-state index in [2.05, 4.69) is 63.5 Å². The van der Waals surface area contributed by atoms with Gasteiger partial charge in [0, 0.05) is 24.9 Å². The third-order valence-electron chi connectivity index (χ3n) is 5.87. The van der Waals surface area contributed by atoms with Gasteiger partial charge in [0.2, 0.25) is 5.91 Å². The summed E-state index contributed by atoms with van der Waals surface area (Å²) in [6.45, 7) is 4.88. The third-order valence-corrected chi connectivity index (χ3v) is 5.87. The summed E-state index contributed by atoms with van der Waals surface area (Å²) in [4.78, 5) is 24.3. The monoisotopic (exact) mass is 400 g/mol. The molecule has 5 nitrogen and oxygen atoms in total. The second-order valence-corrected chi connectivity index (χ2v) is 7.96. The highest BCUT2D eigenvalue weighted by atomic mass is 16.2. The number of aryl methyl sites for hydroxylation is 1. The first kappa shape index (κ1) is 20.2. The number of hydrogen-bond acceptors (Lipinski definition) is 4. The maximum atomic E-state index is 13.2. The highest BCUT2D eigenvalue weighted by Gasteiger charge is 2.28. The molecule has 4 rings (SSSR count). The number of amides is 1. The summed E-state index contributed by atoms with van der Waals surface area (Å²) >= 11 is 0. The molecule has 1 saturated heterocycles. The van der Waals surface area contributed by atoms with Gasteiger partial charge in [0.1, 0.15) is 0 Å². The molecule has 2 heterocycles. The first-order valence-electron chi connectivity index (χ1n) is 10.6. The largest absolute Gasteiger partial charge is 0.343 e. The van der Waals surface area contributed by atoms with Crippen LogP contribution in [0.1, 0.15) is 41.3 Å². The summed E-state index contributed by atoms with van der Waals surface area (Å²) in [5, 5.41) is 3.26. The molecular formula is C25H28N4O. The van der Waals surface area contributed by atoms with Gasteiger partial charge in [-0.3, -0.25) is 19.7 Å². The van der Waals surface area contributed by atoms with Crippen LogP contribution < -0.4 is 5.32 Å². The minimum atomic E-state index is -0.283. The Morgan fingerprint density at radius 2 is 1.80 bits per heavy atom. The van der Waals surface area contributed by atoms with Crippen LogP contribution in [0, 0.1) is 12.8 Å². The fourth-order valence-electron chi connectivity index (χ4n) is 4.14. The molecule has 1 aliphatic rings. The van der Waals surface area contributed by atoms with Gasteiger partial charge in [-0.15, -0.1) is 0 Å². The van der Waals surface area contributed by atoms with Gasteiger partial charge in [0.25, 0.3) is 0 Å². The minimum absolute atomic E-state index is 0.0280. The summed E-state index contributed by atoms with van der Waals surface area (Å²) in [7, 11) is 0. The van der Waals surface area contributed by atoms with Crippen LogP contribution in [-0.2, 0) is 11.3 Å². The number of carbonyl (C=O) groups is 1. The minimum Gasteiger partial charge on any atom is -0.343 e. The van der Waals surface area contributed by atoms with E-state index in [1.165, 1.54) is 5.56 Å². The van der Waals surface area contributed by atoms with Gasteiger partial charge >= 0.3 is 0 Å². The standard InChI is InChI=1S/C25H28N4O/c1-19-7-5-6-10-22(19)24(23-17-26-13-14-27-23)28-25(30)21-11-15-29(16-12-21)18-20-8-3-2-4-9-20/h2-10,13-14,17,21,24H,11-12,15-16,18H2,1H3,(H,28,30). The van der Waals surface area contributed by atoms with Gasteiger partial charge < -0.3 is 5.32 Å². The maximum Gasteiger partial charge on any atom is 0.224 e. The number of piperidine rings is 1. The number of likely N-dealkylation sites (tertiary alicyclic amines) is 1. The fourth-order valence-corrected chi connectivity index (χ4v) is 4.14. The Hall–Kier alpha value is -3.05. The lowest BCUT2D eigenvalue weighted by Gasteiger charge is -2.32. The van der Waals surface area contributed by atoms with Crippen molar-refractivity contribution in [1.29, 1.82) is 0 Å². The summed E-state index contributed by atoms with van der Waals surface area (Å²) in [5.41, 5.74) is 4.28. The van der Waals surface area contributed by atoms with Crippen LogP contribution in [0.5, 0.6) is 0 Å². The smallest absolute Gasteiger partial charge is 0.224 e. The molecule has 0 saturated carbocycles. The van der Waals surface area contributed by atoms with Crippen LogP contribution in [-0.4, -0.2) is 33.9 Å². The van der Waals surface area contributed by atoms with Gasteiger partial charge in [-0.25, -0.2) is 0 Å². The van der Waals surface area contributed by atoms with Crippen molar-refractivity contribution in [2.75, 3.05) is 13.1 Å².